The van der Waals surface area contributed by atoms with Crippen LogP contribution < -0.4 is 0 Å². The lowest BCUT2D eigenvalue weighted by atomic mass is 10.1. The lowest BCUT2D eigenvalue weighted by Gasteiger charge is -2.20. The Morgan fingerprint density at radius 2 is 1.91 bits per heavy atom. The van der Waals surface area contributed by atoms with Gasteiger partial charge in [0.2, 0.25) is 5.17 Å². The highest BCUT2D eigenvalue weighted by molar-refractivity contribution is 8.26. The average Bonchev–Trinajstić information content (AvgIpc) is 3.31. The molecule has 0 atom stereocenters. The number of hydrogen-bond donors (Lipinski definition) is 1. The molecular weight excluding hydrogens is 454 g/mol. The number of aromatic nitrogens is 1. The van der Waals surface area contributed by atoms with Crippen LogP contribution in [-0.2, 0) is 4.79 Å². The van der Waals surface area contributed by atoms with Crippen LogP contribution in [-0.4, -0.2) is 31.5 Å². The summed E-state index contributed by atoms with van der Waals surface area (Å²) in [4.78, 5) is 17.0. The predicted molar refractivity (Wildman–Crippen MR) is 139 cm³/mol. The Kier molecular flexibility index (Phi) is 7.20. The molecule has 2 aliphatic heterocycles. The molecule has 0 aliphatic carbocycles. The molecule has 3 heterocycles. The van der Waals surface area contributed by atoms with Crippen LogP contribution in [0.4, 0.5) is 0 Å². The molecule has 2 aliphatic rings. The first kappa shape index (κ1) is 23.5. The van der Waals surface area contributed by atoms with Crippen LogP contribution in [0.1, 0.15) is 62.4 Å². The molecule has 8 heteroatoms. The second-order valence-electron chi connectivity index (χ2n) is 8.29. The summed E-state index contributed by atoms with van der Waals surface area (Å²) in [6, 6.07) is 9.65. The minimum absolute atomic E-state index is 0.0704. The molecule has 1 N–H and O–H groups in total. The lowest BCUT2D eigenvalue weighted by molar-refractivity contribution is -0.114. The van der Waals surface area contributed by atoms with Crippen molar-refractivity contribution < 1.29 is 4.79 Å². The Morgan fingerprint density at radius 1 is 1.15 bits per heavy atom. The fourth-order valence-corrected chi connectivity index (χ4v) is 5.25. The van der Waals surface area contributed by atoms with Crippen LogP contribution in [0.2, 0.25) is 5.02 Å². The first-order valence-electron chi connectivity index (χ1n) is 11.3. The summed E-state index contributed by atoms with van der Waals surface area (Å²) >= 11 is 7.82. The van der Waals surface area contributed by atoms with E-state index in [1.165, 1.54) is 42.5 Å². The van der Waals surface area contributed by atoms with E-state index in [0.29, 0.717) is 10.2 Å². The second kappa shape index (κ2) is 10.1. The number of nitrogens with zero attached hydrogens (tertiary/aromatic N) is 4. The summed E-state index contributed by atoms with van der Waals surface area (Å²) < 4.78 is 2.06. The number of hydrazone groups is 1. The zero-order valence-electron chi connectivity index (χ0n) is 19.2. The molecule has 172 valence electrons. The van der Waals surface area contributed by atoms with Crippen molar-refractivity contribution in [2.24, 2.45) is 10.1 Å². The molecule has 0 saturated carbocycles. The van der Waals surface area contributed by atoms with Gasteiger partial charge in [-0.2, -0.15) is 15.1 Å². The summed E-state index contributed by atoms with van der Waals surface area (Å²) in [5.74, 6) is -0.332. The van der Waals surface area contributed by atoms with E-state index in [2.05, 4.69) is 21.6 Å². The normalized spacial score (nSPS) is 17.0. The fraction of sp³-hybridized carbons (Fsp3) is 0.360. The average molecular weight is 482 g/mol. The van der Waals surface area contributed by atoms with Gasteiger partial charge < -0.3 is 4.57 Å². The maximum atomic E-state index is 12.8. The molecule has 2 aromatic rings. The number of hydrogen-bond acceptors (Lipinski definition) is 4. The summed E-state index contributed by atoms with van der Waals surface area (Å²) in [5, 5.41) is 16.8. The van der Waals surface area contributed by atoms with Gasteiger partial charge in [0.05, 0.1) is 16.3 Å². The number of aryl methyl sites for hydroxylation is 1. The standard InChI is InChI=1S/C25H28ClN5OS/c1-4-5-6-7-8-13-22-29-31-23(27)19(24(32)28-25(31)33-22)15-18-14-16(2)30(17(18)3)21-12-10-9-11-20(21)26/h9-12,14-15,27H,4-8,13H2,1-3H3/b19-15+,27-23?. The first-order chi connectivity index (χ1) is 15.9. The highest BCUT2D eigenvalue weighted by Gasteiger charge is 2.35. The number of fused-ring (bicyclic) bond motifs is 1. The van der Waals surface area contributed by atoms with E-state index in [1.807, 2.05) is 44.2 Å². The Hall–Kier alpha value is -2.64. The molecule has 0 saturated heterocycles. The van der Waals surface area contributed by atoms with Crippen LogP contribution in [0.15, 0.2) is 46.0 Å². The number of amidine groups is 2. The van der Waals surface area contributed by atoms with E-state index in [0.717, 1.165) is 40.5 Å². The van der Waals surface area contributed by atoms with Crippen molar-refractivity contribution in [3.63, 3.8) is 0 Å². The number of carbonyl (C=O) groups is 1. The minimum atomic E-state index is -0.402. The van der Waals surface area contributed by atoms with Crippen LogP contribution in [0.3, 0.4) is 0 Å². The molecule has 6 nitrogen and oxygen atoms in total. The number of carbonyl (C=O) groups excluding carboxylic acids is 1. The highest BCUT2D eigenvalue weighted by Crippen LogP contribution is 2.32. The number of nitrogens with one attached hydrogen (secondary N) is 1. The Morgan fingerprint density at radius 3 is 2.67 bits per heavy atom. The van der Waals surface area contributed by atoms with Gasteiger partial charge in [-0.05, 0) is 68.3 Å². The number of amides is 1. The van der Waals surface area contributed by atoms with Crippen molar-refractivity contribution in [1.82, 2.24) is 9.58 Å². The topological polar surface area (TPSA) is 73.8 Å². The fourth-order valence-electron chi connectivity index (χ4n) is 4.11. The third-order valence-corrected chi connectivity index (χ3v) is 7.14. The molecule has 0 fully saturated rings. The molecule has 1 amide bonds. The SMILES string of the molecule is CCCCCCCC1=NN2C(=N)/C(=C\c3cc(C)n(-c4ccccc4Cl)c3C)C(=O)N=C2S1. The van der Waals surface area contributed by atoms with Crippen molar-refractivity contribution in [3.05, 3.63) is 57.9 Å². The van der Waals surface area contributed by atoms with Gasteiger partial charge in [-0.1, -0.05) is 56.3 Å². The van der Waals surface area contributed by atoms with Crippen LogP contribution >= 0.6 is 23.4 Å². The van der Waals surface area contributed by atoms with Crippen molar-refractivity contribution in [2.75, 3.05) is 0 Å². The zero-order valence-corrected chi connectivity index (χ0v) is 20.8. The van der Waals surface area contributed by atoms with E-state index in [4.69, 9.17) is 17.0 Å². The minimum Gasteiger partial charge on any atom is -0.316 e. The van der Waals surface area contributed by atoms with Crippen LogP contribution in [0.5, 0.6) is 0 Å². The number of unbranched alkanes of at least 4 members (excludes halogenated alkanes) is 4. The van der Waals surface area contributed by atoms with Crippen molar-refractivity contribution in [1.29, 1.82) is 5.41 Å². The molecule has 1 aromatic carbocycles. The van der Waals surface area contributed by atoms with Crippen LogP contribution in [0, 0.1) is 19.3 Å². The van der Waals surface area contributed by atoms with Gasteiger partial charge >= 0.3 is 0 Å². The number of rotatable bonds is 8. The van der Waals surface area contributed by atoms with E-state index in [-0.39, 0.29) is 11.4 Å². The quantitative estimate of drug-likeness (QED) is 0.335. The molecule has 0 unspecified atom stereocenters. The van der Waals surface area contributed by atoms with E-state index >= 15 is 0 Å². The molecule has 0 bridgehead atoms. The third-order valence-electron chi connectivity index (χ3n) is 5.85. The van der Waals surface area contributed by atoms with Crippen molar-refractivity contribution in [3.8, 4) is 5.69 Å². The van der Waals surface area contributed by atoms with Gasteiger partial charge in [-0.25, -0.2) is 0 Å². The molecule has 0 radical (unpaired) electrons. The van der Waals surface area contributed by atoms with E-state index in [9.17, 15) is 4.79 Å². The Bertz CT molecular complexity index is 1190. The van der Waals surface area contributed by atoms with Gasteiger partial charge in [0, 0.05) is 11.4 Å². The smallest absolute Gasteiger partial charge is 0.283 e. The largest absolute Gasteiger partial charge is 0.316 e. The summed E-state index contributed by atoms with van der Waals surface area (Å²) in [7, 11) is 0. The highest BCUT2D eigenvalue weighted by atomic mass is 35.5. The lowest BCUT2D eigenvalue weighted by Crippen LogP contribution is -2.35. The van der Waals surface area contributed by atoms with Crippen molar-refractivity contribution >= 4 is 51.4 Å². The monoisotopic (exact) mass is 481 g/mol. The van der Waals surface area contributed by atoms with Crippen LogP contribution in [0.25, 0.3) is 11.8 Å². The summed E-state index contributed by atoms with van der Waals surface area (Å²) in [5.41, 5.74) is 3.91. The third kappa shape index (κ3) is 4.84. The summed E-state index contributed by atoms with van der Waals surface area (Å²) in [6.07, 6.45) is 8.52. The van der Waals surface area contributed by atoms with E-state index in [1.54, 1.807) is 6.08 Å². The zero-order chi connectivity index (χ0) is 23.5. The molecule has 1 aromatic heterocycles. The molecule has 0 spiro atoms. The summed E-state index contributed by atoms with van der Waals surface area (Å²) in [6.45, 7) is 6.18. The number of benzene rings is 1. The van der Waals surface area contributed by atoms with Crippen molar-refractivity contribution in [2.45, 2.75) is 59.3 Å². The van der Waals surface area contributed by atoms with Gasteiger partial charge in [0.15, 0.2) is 5.84 Å². The van der Waals surface area contributed by atoms with Gasteiger partial charge in [-0.15, -0.1) is 0 Å². The number of para-hydroxylation sites is 1. The van der Waals surface area contributed by atoms with Gasteiger partial charge in [0.25, 0.3) is 5.91 Å². The maximum Gasteiger partial charge on any atom is 0.283 e. The van der Waals surface area contributed by atoms with E-state index < -0.39 is 5.91 Å². The maximum absolute atomic E-state index is 12.8. The predicted octanol–water partition coefficient (Wildman–Crippen LogP) is 6.73. The molecule has 4 rings (SSSR count). The molecular formula is C25H28ClN5OS. The Labute approximate surface area is 203 Å². The molecule has 33 heavy (non-hydrogen) atoms. The number of thioether (sulfide) groups is 1. The second-order valence-corrected chi connectivity index (χ2v) is 9.74. The van der Waals surface area contributed by atoms with Gasteiger partial charge in [0.1, 0.15) is 5.04 Å². The Balaban J connectivity index is 1.57. The first-order valence-corrected chi connectivity index (χ1v) is 12.5. The number of halogens is 1. The van der Waals surface area contributed by atoms with Gasteiger partial charge in [-0.3, -0.25) is 10.2 Å². The number of aliphatic imine (C=N–C) groups is 1.